The normalized spacial score (nSPS) is 17.2. The Bertz CT molecular complexity index is 846. The van der Waals surface area contributed by atoms with Gasteiger partial charge in [-0.25, -0.2) is 0 Å². The zero-order valence-corrected chi connectivity index (χ0v) is 14.7. The summed E-state index contributed by atoms with van der Waals surface area (Å²) >= 11 is 0. The lowest BCUT2D eigenvalue weighted by Crippen LogP contribution is -2.52. The molecule has 0 aliphatic heterocycles. The monoisotopic (exact) mass is 355 g/mol. The van der Waals surface area contributed by atoms with Crippen LogP contribution in [0, 0.1) is 11.3 Å². The van der Waals surface area contributed by atoms with Crippen LogP contribution in [-0.2, 0) is 20.7 Å². The van der Waals surface area contributed by atoms with E-state index in [0.717, 1.165) is 24.6 Å². The van der Waals surface area contributed by atoms with Crippen molar-refractivity contribution >= 4 is 22.8 Å². The molecule has 7 nitrogen and oxygen atoms in total. The van der Waals surface area contributed by atoms with Gasteiger partial charge in [-0.15, -0.1) is 0 Å². The van der Waals surface area contributed by atoms with Crippen LogP contribution in [0.1, 0.15) is 44.7 Å². The molecular formula is C19H21N3O4. The van der Waals surface area contributed by atoms with Crippen molar-refractivity contribution in [2.75, 3.05) is 0 Å². The summed E-state index contributed by atoms with van der Waals surface area (Å²) in [5.41, 5.74) is 0.214. The number of nitrogens with one attached hydrogen (secondary N) is 1. The third-order valence-electron chi connectivity index (χ3n) is 4.72. The quantitative estimate of drug-likeness (QED) is 0.827. The maximum absolute atomic E-state index is 12.4. The number of aromatic nitrogens is 1. The minimum absolute atomic E-state index is 0.0853. The molecule has 1 unspecified atom stereocenters. The van der Waals surface area contributed by atoms with Crippen molar-refractivity contribution < 1.29 is 18.8 Å². The van der Waals surface area contributed by atoms with Gasteiger partial charge in [-0.1, -0.05) is 36.6 Å². The molecule has 1 aliphatic carbocycles. The van der Waals surface area contributed by atoms with Crippen LogP contribution >= 0.6 is 0 Å². The van der Waals surface area contributed by atoms with E-state index in [1.807, 2.05) is 18.2 Å². The number of nitrogens with zero attached hydrogens (tertiary/aromatic N) is 2. The van der Waals surface area contributed by atoms with E-state index in [0.29, 0.717) is 24.1 Å². The van der Waals surface area contributed by atoms with Gasteiger partial charge in [-0.3, -0.25) is 9.59 Å². The van der Waals surface area contributed by atoms with Gasteiger partial charge >= 0.3 is 5.97 Å². The number of para-hydroxylation sites is 1. The smallest absolute Gasteiger partial charge is 0.312 e. The number of benzene rings is 1. The van der Waals surface area contributed by atoms with Gasteiger partial charge in [0.15, 0.2) is 11.7 Å². The maximum atomic E-state index is 12.4. The molecule has 136 valence electrons. The predicted molar refractivity (Wildman–Crippen MR) is 92.8 cm³/mol. The Morgan fingerprint density at radius 3 is 2.81 bits per heavy atom. The van der Waals surface area contributed by atoms with E-state index in [-0.39, 0.29) is 6.42 Å². The molecule has 26 heavy (non-hydrogen) atoms. The summed E-state index contributed by atoms with van der Waals surface area (Å²) in [4.78, 5) is 24.5. The van der Waals surface area contributed by atoms with Crippen molar-refractivity contribution in [3.63, 3.8) is 0 Å². The van der Waals surface area contributed by atoms with E-state index in [1.54, 1.807) is 6.07 Å². The number of fused-ring (bicyclic) bond motifs is 1. The Labute approximate surface area is 151 Å². The lowest BCUT2D eigenvalue weighted by molar-refractivity contribution is -0.154. The van der Waals surface area contributed by atoms with Crippen LogP contribution in [0.15, 0.2) is 28.8 Å². The lowest BCUT2D eigenvalue weighted by atomic mass is 9.83. The summed E-state index contributed by atoms with van der Waals surface area (Å²) < 4.78 is 10.4. The molecule has 1 atom stereocenters. The average Bonchev–Trinajstić information content (AvgIpc) is 3.05. The van der Waals surface area contributed by atoms with Crippen molar-refractivity contribution in [2.24, 2.45) is 0 Å². The van der Waals surface area contributed by atoms with Crippen LogP contribution in [0.2, 0.25) is 0 Å². The van der Waals surface area contributed by atoms with E-state index >= 15 is 0 Å². The van der Waals surface area contributed by atoms with Crippen molar-refractivity contribution in [1.29, 1.82) is 5.26 Å². The fourth-order valence-corrected chi connectivity index (χ4v) is 3.25. The largest absolute Gasteiger partial charge is 0.452 e. The molecule has 1 heterocycles. The topological polar surface area (TPSA) is 105 Å². The molecule has 3 rings (SSSR count). The highest BCUT2D eigenvalue weighted by Gasteiger charge is 2.35. The molecule has 7 heteroatoms. The molecule has 1 aromatic carbocycles. The van der Waals surface area contributed by atoms with Crippen LogP contribution in [0.5, 0.6) is 0 Å². The number of esters is 1. The molecule has 1 N–H and O–H groups in total. The fourth-order valence-electron chi connectivity index (χ4n) is 3.25. The second kappa shape index (κ2) is 7.56. The molecule has 1 aromatic heterocycles. The number of nitriles is 1. The summed E-state index contributed by atoms with van der Waals surface area (Å²) in [6.07, 6.45) is 3.06. The standard InChI is InChI=1S/C19H21N3O4/c1-13(18(24)21-19(12-20)9-5-2-6-10-19)25-17(23)11-15-14-7-3-4-8-16(14)26-22-15/h3-4,7-8,13H,2,5-6,9-11H2,1H3,(H,21,24). The molecule has 0 radical (unpaired) electrons. The zero-order chi connectivity index (χ0) is 18.6. The number of carbonyl (C=O) groups excluding carboxylic acids is 2. The van der Waals surface area contributed by atoms with E-state index in [4.69, 9.17) is 9.26 Å². The Morgan fingerprint density at radius 1 is 1.35 bits per heavy atom. The third kappa shape index (κ3) is 3.85. The van der Waals surface area contributed by atoms with Gasteiger partial charge in [0.2, 0.25) is 0 Å². The maximum Gasteiger partial charge on any atom is 0.312 e. The van der Waals surface area contributed by atoms with Gasteiger partial charge in [-0.05, 0) is 31.9 Å². The number of ether oxygens (including phenoxy) is 1. The van der Waals surface area contributed by atoms with Gasteiger partial charge in [-0.2, -0.15) is 5.26 Å². The van der Waals surface area contributed by atoms with Crippen molar-refractivity contribution in [3.8, 4) is 6.07 Å². The van der Waals surface area contributed by atoms with Crippen LogP contribution in [-0.4, -0.2) is 28.7 Å². The van der Waals surface area contributed by atoms with Crippen LogP contribution in [0.3, 0.4) is 0 Å². The number of hydrogen-bond acceptors (Lipinski definition) is 6. The van der Waals surface area contributed by atoms with E-state index in [1.165, 1.54) is 6.92 Å². The van der Waals surface area contributed by atoms with Gasteiger partial charge in [0.25, 0.3) is 5.91 Å². The van der Waals surface area contributed by atoms with Gasteiger partial charge in [0.05, 0.1) is 12.5 Å². The van der Waals surface area contributed by atoms with E-state index in [9.17, 15) is 14.9 Å². The number of carbonyl (C=O) groups is 2. The summed E-state index contributed by atoms with van der Waals surface area (Å²) in [7, 11) is 0. The van der Waals surface area contributed by atoms with Crippen LogP contribution in [0.4, 0.5) is 0 Å². The highest BCUT2D eigenvalue weighted by atomic mass is 16.5. The molecule has 0 saturated heterocycles. The fraction of sp³-hybridized carbons (Fsp3) is 0.474. The predicted octanol–water partition coefficient (Wildman–Crippen LogP) is 2.64. The van der Waals surface area contributed by atoms with Crippen LogP contribution < -0.4 is 5.32 Å². The molecular weight excluding hydrogens is 334 g/mol. The minimum atomic E-state index is -0.979. The first-order valence-corrected chi connectivity index (χ1v) is 8.79. The van der Waals surface area contributed by atoms with E-state index < -0.39 is 23.5 Å². The summed E-state index contributed by atoms with van der Waals surface area (Å²) in [6.45, 7) is 1.50. The third-order valence-corrected chi connectivity index (χ3v) is 4.72. The molecule has 2 aromatic rings. The highest BCUT2D eigenvalue weighted by molar-refractivity contribution is 5.87. The number of amides is 1. The highest BCUT2D eigenvalue weighted by Crippen LogP contribution is 2.27. The second-order valence-corrected chi connectivity index (χ2v) is 6.68. The molecule has 0 spiro atoms. The number of rotatable bonds is 5. The Kier molecular flexibility index (Phi) is 5.21. The first kappa shape index (κ1) is 17.9. The summed E-state index contributed by atoms with van der Waals surface area (Å²) in [6, 6.07) is 9.44. The Morgan fingerprint density at radius 2 is 2.08 bits per heavy atom. The first-order valence-electron chi connectivity index (χ1n) is 8.79. The van der Waals surface area contributed by atoms with Crippen molar-refractivity contribution in [3.05, 3.63) is 30.0 Å². The minimum Gasteiger partial charge on any atom is -0.452 e. The second-order valence-electron chi connectivity index (χ2n) is 6.68. The lowest BCUT2D eigenvalue weighted by Gasteiger charge is -2.32. The summed E-state index contributed by atoms with van der Waals surface area (Å²) in [5.74, 6) is -1.02. The van der Waals surface area contributed by atoms with Crippen molar-refractivity contribution in [1.82, 2.24) is 10.5 Å². The Balaban J connectivity index is 1.58. The van der Waals surface area contributed by atoms with E-state index in [2.05, 4.69) is 16.5 Å². The molecule has 1 aliphatic rings. The Hall–Kier alpha value is -2.88. The van der Waals surface area contributed by atoms with Crippen molar-refractivity contribution in [2.45, 2.75) is 57.1 Å². The SMILES string of the molecule is CC(OC(=O)Cc1noc2ccccc12)C(=O)NC1(C#N)CCCCC1. The molecule has 1 amide bonds. The van der Waals surface area contributed by atoms with Gasteiger partial charge in [0.1, 0.15) is 11.2 Å². The molecule has 1 saturated carbocycles. The van der Waals surface area contributed by atoms with Gasteiger partial charge < -0.3 is 14.6 Å². The summed E-state index contributed by atoms with van der Waals surface area (Å²) in [5, 5.41) is 16.8. The average molecular weight is 355 g/mol. The molecule has 0 bridgehead atoms. The number of hydrogen-bond donors (Lipinski definition) is 1. The zero-order valence-electron chi connectivity index (χ0n) is 14.7. The molecule has 1 fully saturated rings. The van der Waals surface area contributed by atoms with Gasteiger partial charge in [0, 0.05) is 5.39 Å². The first-order chi connectivity index (χ1) is 12.5. The van der Waals surface area contributed by atoms with Crippen LogP contribution in [0.25, 0.3) is 11.0 Å².